The van der Waals surface area contributed by atoms with E-state index in [4.69, 9.17) is 0 Å². The van der Waals surface area contributed by atoms with E-state index in [1.54, 1.807) is 0 Å². The zero-order chi connectivity index (χ0) is 12.3. The van der Waals surface area contributed by atoms with Crippen molar-refractivity contribution in [3.05, 3.63) is 28.2 Å². The van der Waals surface area contributed by atoms with Crippen LogP contribution in [-0.4, -0.2) is 5.91 Å². The van der Waals surface area contributed by atoms with Crippen molar-refractivity contribution < 1.29 is 4.79 Å². The lowest BCUT2D eigenvalue weighted by atomic mass is 9.77. The third kappa shape index (κ3) is 1.43. The first-order valence-corrected chi connectivity index (χ1v) is 7.62. The molecule has 2 nitrogen and oxygen atoms in total. The standard InChI is InChI=1S/C15H16BrNO/c16-12-3-1-2-10-13(15(18)17-14(10)12)11-7-8-4-5-9(11)6-8/h1-3,8-9,11,13H,4-7H2,(H,17,18). The van der Waals surface area contributed by atoms with Gasteiger partial charge in [-0.05, 0) is 64.6 Å². The van der Waals surface area contributed by atoms with Gasteiger partial charge in [0, 0.05) is 4.47 Å². The molecule has 1 aromatic rings. The van der Waals surface area contributed by atoms with Gasteiger partial charge in [0.05, 0.1) is 11.6 Å². The molecule has 18 heavy (non-hydrogen) atoms. The van der Waals surface area contributed by atoms with E-state index in [1.807, 2.05) is 12.1 Å². The zero-order valence-corrected chi connectivity index (χ0v) is 11.7. The second kappa shape index (κ2) is 3.83. The van der Waals surface area contributed by atoms with Gasteiger partial charge < -0.3 is 5.32 Å². The minimum Gasteiger partial charge on any atom is -0.324 e. The number of carbonyl (C=O) groups excluding carboxylic acids is 1. The smallest absolute Gasteiger partial charge is 0.232 e. The van der Waals surface area contributed by atoms with E-state index in [0.717, 1.165) is 22.0 Å². The number of nitrogens with one attached hydrogen (secondary N) is 1. The van der Waals surface area contributed by atoms with Crippen molar-refractivity contribution >= 4 is 27.5 Å². The maximum atomic E-state index is 12.3. The second-order valence-corrected chi connectivity index (χ2v) is 6.86. The van der Waals surface area contributed by atoms with Crippen LogP contribution in [0.2, 0.25) is 0 Å². The van der Waals surface area contributed by atoms with Crippen LogP contribution in [0.5, 0.6) is 0 Å². The fourth-order valence-electron chi connectivity index (χ4n) is 4.40. The summed E-state index contributed by atoms with van der Waals surface area (Å²) in [6.45, 7) is 0. The highest BCUT2D eigenvalue weighted by Gasteiger charge is 2.48. The SMILES string of the molecule is O=C1Nc2c(Br)cccc2C1C1CC2CCC1C2. The summed E-state index contributed by atoms with van der Waals surface area (Å²) in [4.78, 5) is 12.3. The van der Waals surface area contributed by atoms with Crippen molar-refractivity contribution in [3.8, 4) is 0 Å². The zero-order valence-electron chi connectivity index (χ0n) is 10.2. The molecule has 94 valence electrons. The molecule has 1 aliphatic heterocycles. The van der Waals surface area contributed by atoms with Gasteiger partial charge in [0.15, 0.2) is 0 Å². The molecule has 0 aromatic heterocycles. The summed E-state index contributed by atoms with van der Waals surface area (Å²) >= 11 is 3.54. The number of anilines is 1. The topological polar surface area (TPSA) is 29.1 Å². The summed E-state index contributed by atoms with van der Waals surface area (Å²) in [6, 6.07) is 6.17. The van der Waals surface area contributed by atoms with Crippen LogP contribution in [0.4, 0.5) is 5.69 Å². The molecule has 4 unspecified atom stereocenters. The Bertz CT molecular complexity index is 527. The van der Waals surface area contributed by atoms with Gasteiger partial charge >= 0.3 is 0 Å². The molecule has 1 amide bonds. The van der Waals surface area contributed by atoms with Crippen LogP contribution in [0.25, 0.3) is 0 Å². The van der Waals surface area contributed by atoms with Gasteiger partial charge in [-0.1, -0.05) is 18.6 Å². The van der Waals surface area contributed by atoms with Crippen LogP contribution >= 0.6 is 15.9 Å². The molecular formula is C15H16BrNO. The summed E-state index contributed by atoms with van der Waals surface area (Å²) in [7, 11) is 0. The number of carbonyl (C=O) groups is 1. The first-order valence-electron chi connectivity index (χ1n) is 6.83. The monoisotopic (exact) mass is 305 g/mol. The molecule has 2 aliphatic carbocycles. The summed E-state index contributed by atoms with van der Waals surface area (Å²) in [5, 5.41) is 3.07. The Hall–Kier alpha value is -0.830. The Balaban J connectivity index is 1.74. The fraction of sp³-hybridized carbons (Fsp3) is 0.533. The molecule has 4 rings (SSSR count). The number of para-hydroxylation sites is 1. The number of hydrogen-bond acceptors (Lipinski definition) is 1. The first-order chi connectivity index (χ1) is 8.74. The van der Waals surface area contributed by atoms with Crippen molar-refractivity contribution in [3.63, 3.8) is 0 Å². The van der Waals surface area contributed by atoms with Crippen LogP contribution in [0.3, 0.4) is 0 Å². The third-order valence-electron chi connectivity index (χ3n) is 5.13. The largest absolute Gasteiger partial charge is 0.324 e. The lowest BCUT2D eigenvalue weighted by Crippen LogP contribution is -2.25. The Labute approximate surface area is 115 Å². The molecule has 1 heterocycles. The number of halogens is 1. The van der Waals surface area contributed by atoms with E-state index >= 15 is 0 Å². The Kier molecular flexibility index (Phi) is 2.35. The van der Waals surface area contributed by atoms with Gasteiger partial charge in [0.2, 0.25) is 5.91 Å². The normalized spacial score (nSPS) is 36.8. The number of hydrogen-bond donors (Lipinski definition) is 1. The molecule has 4 atom stereocenters. The summed E-state index contributed by atoms with van der Waals surface area (Å²) in [5.74, 6) is 2.58. The van der Waals surface area contributed by atoms with E-state index in [2.05, 4.69) is 27.3 Å². The van der Waals surface area contributed by atoms with E-state index in [1.165, 1.54) is 31.2 Å². The maximum absolute atomic E-state index is 12.3. The molecule has 1 N–H and O–H groups in total. The number of benzene rings is 1. The third-order valence-corrected chi connectivity index (χ3v) is 5.79. The molecule has 3 aliphatic rings. The second-order valence-electron chi connectivity index (χ2n) is 6.01. The molecule has 2 bridgehead atoms. The number of fused-ring (bicyclic) bond motifs is 3. The molecule has 0 radical (unpaired) electrons. The molecule has 0 spiro atoms. The van der Waals surface area contributed by atoms with Crippen molar-refractivity contribution in [2.75, 3.05) is 5.32 Å². The minimum absolute atomic E-state index is 0.104. The maximum Gasteiger partial charge on any atom is 0.232 e. The lowest BCUT2D eigenvalue weighted by molar-refractivity contribution is -0.118. The van der Waals surface area contributed by atoms with Gasteiger partial charge in [0.25, 0.3) is 0 Å². The highest BCUT2D eigenvalue weighted by atomic mass is 79.9. The van der Waals surface area contributed by atoms with Gasteiger partial charge in [-0.2, -0.15) is 0 Å². The quantitative estimate of drug-likeness (QED) is 0.837. The average Bonchev–Trinajstić information content (AvgIpc) is 3.02. The predicted octanol–water partition coefficient (Wildman–Crippen LogP) is 3.92. The number of rotatable bonds is 1. The average molecular weight is 306 g/mol. The van der Waals surface area contributed by atoms with Crippen LogP contribution in [0.1, 0.15) is 37.2 Å². The van der Waals surface area contributed by atoms with Crippen LogP contribution < -0.4 is 5.32 Å². The minimum atomic E-state index is 0.104. The van der Waals surface area contributed by atoms with Gasteiger partial charge in [-0.25, -0.2) is 0 Å². The first kappa shape index (κ1) is 11.0. The van der Waals surface area contributed by atoms with Crippen LogP contribution in [0, 0.1) is 17.8 Å². The summed E-state index contributed by atoms with van der Waals surface area (Å²) in [5.41, 5.74) is 2.22. The van der Waals surface area contributed by atoms with Gasteiger partial charge in [-0.15, -0.1) is 0 Å². The van der Waals surface area contributed by atoms with Crippen LogP contribution in [0.15, 0.2) is 22.7 Å². The summed E-state index contributed by atoms with van der Waals surface area (Å²) < 4.78 is 1.01. The van der Waals surface area contributed by atoms with Crippen molar-refractivity contribution in [2.24, 2.45) is 17.8 Å². The highest BCUT2D eigenvalue weighted by molar-refractivity contribution is 9.10. The Morgan fingerprint density at radius 2 is 2.11 bits per heavy atom. The highest BCUT2D eigenvalue weighted by Crippen LogP contribution is 2.55. The van der Waals surface area contributed by atoms with E-state index < -0.39 is 0 Å². The summed E-state index contributed by atoms with van der Waals surface area (Å²) in [6.07, 6.45) is 5.34. The number of amides is 1. The lowest BCUT2D eigenvalue weighted by Gasteiger charge is -2.26. The molecule has 2 saturated carbocycles. The van der Waals surface area contributed by atoms with Crippen molar-refractivity contribution in [1.29, 1.82) is 0 Å². The molecule has 1 aromatic carbocycles. The molecule has 3 heteroatoms. The van der Waals surface area contributed by atoms with E-state index in [0.29, 0.717) is 5.92 Å². The Morgan fingerprint density at radius 1 is 1.22 bits per heavy atom. The van der Waals surface area contributed by atoms with Gasteiger partial charge in [0.1, 0.15) is 0 Å². The molecule has 0 saturated heterocycles. The van der Waals surface area contributed by atoms with Crippen molar-refractivity contribution in [2.45, 2.75) is 31.6 Å². The van der Waals surface area contributed by atoms with Crippen molar-refractivity contribution in [1.82, 2.24) is 0 Å². The van der Waals surface area contributed by atoms with Crippen LogP contribution in [-0.2, 0) is 4.79 Å². The van der Waals surface area contributed by atoms with Gasteiger partial charge in [-0.3, -0.25) is 4.79 Å². The Morgan fingerprint density at radius 3 is 2.83 bits per heavy atom. The van der Waals surface area contributed by atoms with E-state index in [9.17, 15) is 4.79 Å². The molecular weight excluding hydrogens is 290 g/mol. The predicted molar refractivity (Wildman–Crippen MR) is 74.5 cm³/mol. The fourth-order valence-corrected chi connectivity index (χ4v) is 4.88. The van der Waals surface area contributed by atoms with E-state index in [-0.39, 0.29) is 11.8 Å². The molecule has 2 fully saturated rings.